The van der Waals surface area contributed by atoms with Crippen molar-refractivity contribution < 1.29 is 4.74 Å². The van der Waals surface area contributed by atoms with Gasteiger partial charge in [0.2, 0.25) is 0 Å². The van der Waals surface area contributed by atoms with Gasteiger partial charge in [0.15, 0.2) is 11.5 Å². The SMILES string of the molecule is CCc1nnc2ccc(NCCN3CCOCC3)nn12. The number of fused-ring (bicyclic) bond motifs is 1. The molecular formula is C13H20N6O. The molecule has 2 aromatic rings. The summed E-state index contributed by atoms with van der Waals surface area (Å²) in [5.74, 6) is 1.75. The second kappa shape index (κ2) is 6.15. The van der Waals surface area contributed by atoms with E-state index in [0.717, 1.165) is 63.1 Å². The number of aryl methyl sites for hydroxylation is 1. The molecule has 7 nitrogen and oxygen atoms in total. The summed E-state index contributed by atoms with van der Waals surface area (Å²) in [5, 5.41) is 16.1. The van der Waals surface area contributed by atoms with Crippen molar-refractivity contribution in [2.75, 3.05) is 44.7 Å². The van der Waals surface area contributed by atoms with E-state index in [2.05, 4.69) is 32.4 Å². The molecule has 7 heteroatoms. The maximum atomic E-state index is 5.34. The molecule has 0 bridgehead atoms. The highest BCUT2D eigenvalue weighted by Crippen LogP contribution is 2.07. The lowest BCUT2D eigenvalue weighted by Crippen LogP contribution is -2.39. The van der Waals surface area contributed by atoms with E-state index < -0.39 is 0 Å². The molecule has 1 saturated heterocycles. The highest BCUT2D eigenvalue weighted by molar-refractivity contribution is 5.43. The minimum atomic E-state index is 0.792. The van der Waals surface area contributed by atoms with E-state index in [1.54, 1.807) is 4.52 Å². The molecule has 3 heterocycles. The first-order chi connectivity index (χ1) is 9.86. The van der Waals surface area contributed by atoms with Crippen molar-refractivity contribution in [1.29, 1.82) is 0 Å². The number of hydrogen-bond acceptors (Lipinski definition) is 6. The quantitative estimate of drug-likeness (QED) is 0.854. The average molecular weight is 276 g/mol. The number of hydrogen-bond donors (Lipinski definition) is 1. The maximum absolute atomic E-state index is 5.34. The predicted octanol–water partition coefficient (Wildman–Crippen LogP) is 0.431. The van der Waals surface area contributed by atoms with Crippen LogP contribution in [-0.4, -0.2) is 64.1 Å². The topological polar surface area (TPSA) is 67.6 Å². The van der Waals surface area contributed by atoms with E-state index in [1.807, 2.05) is 12.1 Å². The Labute approximate surface area is 117 Å². The molecule has 108 valence electrons. The van der Waals surface area contributed by atoms with E-state index in [1.165, 1.54) is 0 Å². The maximum Gasteiger partial charge on any atom is 0.178 e. The number of nitrogens with zero attached hydrogens (tertiary/aromatic N) is 5. The van der Waals surface area contributed by atoms with E-state index in [0.29, 0.717) is 0 Å². The van der Waals surface area contributed by atoms with Crippen molar-refractivity contribution in [3.05, 3.63) is 18.0 Å². The van der Waals surface area contributed by atoms with Crippen LogP contribution in [0.1, 0.15) is 12.7 Å². The van der Waals surface area contributed by atoms with Crippen LogP contribution in [0, 0.1) is 0 Å². The van der Waals surface area contributed by atoms with Crippen LogP contribution in [0.15, 0.2) is 12.1 Å². The Hall–Kier alpha value is -1.73. The Kier molecular flexibility index (Phi) is 4.08. The third kappa shape index (κ3) is 2.88. The standard InChI is InChI=1S/C13H20N6O/c1-2-12-15-16-13-4-3-11(17-19(12)13)14-5-6-18-7-9-20-10-8-18/h3-4H,2,5-10H2,1H3,(H,14,17). The number of aromatic nitrogens is 4. The van der Waals surface area contributed by atoms with Gasteiger partial charge in [0.05, 0.1) is 13.2 Å². The normalized spacial score (nSPS) is 16.6. The molecular weight excluding hydrogens is 256 g/mol. The number of nitrogens with one attached hydrogen (secondary N) is 1. The van der Waals surface area contributed by atoms with Crippen LogP contribution in [0.2, 0.25) is 0 Å². The molecule has 1 aliphatic heterocycles. The Morgan fingerprint density at radius 1 is 1.25 bits per heavy atom. The van der Waals surface area contributed by atoms with Crippen LogP contribution in [0.25, 0.3) is 5.65 Å². The van der Waals surface area contributed by atoms with Crippen LogP contribution in [0.5, 0.6) is 0 Å². The highest BCUT2D eigenvalue weighted by atomic mass is 16.5. The Bertz CT molecular complexity index is 563. The summed E-state index contributed by atoms with van der Waals surface area (Å²) < 4.78 is 7.14. The average Bonchev–Trinajstić information content (AvgIpc) is 2.91. The van der Waals surface area contributed by atoms with Gasteiger partial charge in [0, 0.05) is 32.6 Å². The third-order valence-corrected chi connectivity index (χ3v) is 3.48. The van der Waals surface area contributed by atoms with Gasteiger partial charge in [-0.3, -0.25) is 4.90 Å². The molecule has 0 saturated carbocycles. The van der Waals surface area contributed by atoms with E-state index in [9.17, 15) is 0 Å². The molecule has 0 unspecified atom stereocenters. The minimum absolute atomic E-state index is 0.792. The van der Waals surface area contributed by atoms with Crippen LogP contribution in [-0.2, 0) is 11.2 Å². The zero-order valence-electron chi connectivity index (χ0n) is 11.7. The monoisotopic (exact) mass is 276 g/mol. The number of anilines is 1. The summed E-state index contributed by atoms with van der Waals surface area (Å²) >= 11 is 0. The number of rotatable bonds is 5. The third-order valence-electron chi connectivity index (χ3n) is 3.48. The second-order valence-corrected chi connectivity index (χ2v) is 4.84. The zero-order chi connectivity index (χ0) is 13.8. The Balaban J connectivity index is 1.59. The van der Waals surface area contributed by atoms with Crippen LogP contribution in [0.4, 0.5) is 5.82 Å². The van der Waals surface area contributed by atoms with Crippen molar-refractivity contribution >= 4 is 11.5 Å². The molecule has 0 atom stereocenters. The first-order valence-corrected chi connectivity index (χ1v) is 7.12. The second-order valence-electron chi connectivity index (χ2n) is 4.84. The lowest BCUT2D eigenvalue weighted by Gasteiger charge is -2.26. The van der Waals surface area contributed by atoms with Gasteiger partial charge in [-0.1, -0.05) is 6.92 Å². The van der Waals surface area contributed by atoms with Gasteiger partial charge in [-0.2, -0.15) is 4.52 Å². The lowest BCUT2D eigenvalue weighted by molar-refractivity contribution is 0.0398. The van der Waals surface area contributed by atoms with Crippen molar-refractivity contribution in [2.45, 2.75) is 13.3 Å². The molecule has 0 spiro atoms. The minimum Gasteiger partial charge on any atom is -0.379 e. The Morgan fingerprint density at radius 2 is 2.10 bits per heavy atom. The van der Waals surface area contributed by atoms with Gasteiger partial charge in [0.25, 0.3) is 0 Å². The number of ether oxygens (including phenoxy) is 1. The smallest absolute Gasteiger partial charge is 0.178 e. The fourth-order valence-corrected chi connectivity index (χ4v) is 2.31. The molecule has 0 aromatic carbocycles. The fourth-order valence-electron chi connectivity index (χ4n) is 2.31. The van der Waals surface area contributed by atoms with Crippen LogP contribution < -0.4 is 5.32 Å². The summed E-state index contributed by atoms with van der Waals surface area (Å²) in [4.78, 5) is 2.39. The van der Waals surface area contributed by atoms with E-state index in [4.69, 9.17) is 4.74 Å². The first-order valence-electron chi connectivity index (χ1n) is 7.12. The van der Waals surface area contributed by atoms with Gasteiger partial charge in [0.1, 0.15) is 5.82 Å². The molecule has 1 fully saturated rings. The zero-order valence-corrected chi connectivity index (χ0v) is 11.7. The summed E-state index contributed by atoms with van der Waals surface area (Å²) in [6.45, 7) is 7.64. The van der Waals surface area contributed by atoms with Crippen molar-refractivity contribution in [2.24, 2.45) is 0 Å². The summed E-state index contributed by atoms with van der Waals surface area (Å²) in [7, 11) is 0. The van der Waals surface area contributed by atoms with E-state index in [-0.39, 0.29) is 0 Å². The molecule has 0 aliphatic carbocycles. The Morgan fingerprint density at radius 3 is 2.90 bits per heavy atom. The molecule has 20 heavy (non-hydrogen) atoms. The lowest BCUT2D eigenvalue weighted by atomic mass is 10.4. The van der Waals surface area contributed by atoms with Crippen molar-refractivity contribution in [3.63, 3.8) is 0 Å². The van der Waals surface area contributed by atoms with E-state index >= 15 is 0 Å². The van der Waals surface area contributed by atoms with Gasteiger partial charge in [-0.05, 0) is 12.1 Å². The van der Waals surface area contributed by atoms with Gasteiger partial charge in [-0.15, -0.1) is 15.3 Å². The molecule has 0 amide bonds. The van der Waals surface area contributed by atoms with Crippen molar-refractivity contribution in [1.82, 2.24) is 24.7 Å². The van der Waals surface area contributed by atoms with Gasteiger partial charge < -0.3 is 10.1 Å². The largest absolute Gasteiger partial charge is 0.379 e. The molecule has 3 rings (SSSR count). The molecule has 1 N–H and O–H groups in total. The summed E-state index contributed by atoms with van der Waals surface area (Å²) in [5.41, 5.74) is 0.792. The predicted molar refractivity (Wildman–Crippen MR) is 75.9 cm³/mol. The van der Waals surface area contributed by atoms with Gasteiger partial charge >= 0.3 is 0 Å². The molecule has 2 aromatic heterocycles. The first kappa shape index (κ1) is 13.3. The molecule has 1 aliphatic rings. The van der Waals surface area contributed by atoms with Gasteiger partial charge in [-0.25, -0.2) is 0 Å². The number of morpholine rings is 1. The van der Waals surface area contributed by atoms with Crippen LogP contribution >= 0.6 is 0 Å². The van der Waals surface area contributed by atoms with Crippen LogP contribution in [0.3, 0.4) is 0 Å². The molecule has 0 radical (unpaired) electrons. The summed E-state index contributed by atoms with van der Waals surface area (Å²) in [6.07, 6.45) is 0.825. The highest BCUT2D eigenvalue weighted by Gasteiger charge is 2.10. The fraction of sp³-hybridized carbons (Fsp3) is 0.615. The summed E-state index contributed by atoms with van der Waals surface area (Å²) in [6, 6.07) is 3.89. The van der Waals surface area contributed by atoms with Crippen molar-refractivity contribution in [3.8, 4) is 0 Å².